The lowest BCUT2D eigenvalue weighted by atomic mass is 9.97. The van der Waals surface area contributed by atoms with E-state index in [1.54, 1.807) is 18.0 Å². The van der Waals surface area contributed by atoms with Gasteiger partial charge in [-0.25, -0.2) is 4.98 Å². The smallest absolute Gasteiger partial charge is 0.223 e. The molecule has 0 bridgehead atoms. The molecule has 0 aromatic carbocycles. The van der Waals surface area contributed by atoms with Gasteiger partial charge < -0.3 is 9.88 Å². The Bertz CT molecular complexity index is 353. The monoisotopic (exact) mass is 253 g/mol. The number of nitrogens with one attached hydrogen (secondary N) is 1. The highest BCUT2D eigenvalue weighted by molar-refractivity contribution is 7.98. The van der Waals surface area contributed by atoms with E-state index < -0.39 is 0 Å². The highest BCUT2D eigenvalue weighted by Gasteiger charge is 2.25. The zero-order valence-electron chi connectivity index (χ0n) is 10.2. The number of aromatic amines is 1. The second-order valence-corrected chi connectivity index (χ2v) is 5.38. The van der Waals surface area contributed by atoms with Crippen LogP contribution in [0.2, 0.25) is 0 Å². The number of H-pyrrole nitrogens is 1. The summed E-state index contributed by atoms with van der Waals surface area (Å²) in [6.45, 7) is 1.73. The van der Waals surface area contributed by atoms with Crippen molar-refractivity contribution in [1.29, 1.82) is 0 Å². The molecule has 94 valence electrons. The Morgan fingerprint density at radius 3 is 3.29 bits per heavy atom. The van der Waals surface area contributed by atoms with Gasteiger partial charge in [0.2, 0.25) is 5.91 Å². The van der Waals surface area contributed by atoms with Crippen molar-refractivity contribution in [3.63, 3.8) is 0 Å². The van der Waals surface area contributed by atoms with Crippen molar-refractivity contribution < 1.29 is 4.79 Å². The zero-order valence-corrected chi connectivity index (χ0v) is 11.0. The molecule has 1 atom stereocenters. The molecule has 0 radical (unpaired) electrons. The molecule has 1 amide bonds. The van der Waals surface area contributed by atoms with Crippen molar-refractivity contribution in [1.82, 2.24) is 14.9 Å². The number of carbonyl (C=O) groups is 1. The molecule has 1 fully saturated rings. The summed E-state index contributed by atoms with van der Waals surface area (Å²) in [5, 5.41) is 0. The lowest BCUT2D eigenvalue weighted by molar-refractivity contribution is -0.131. The SMILES string of the molecule is CSCCC(=O)N1CCC[C@@H](c2ncc[nH]2)C1. The van der Waals surface area contributed by atoms with Gasteiger partial charge in [0.25, 0.3) is 0 Å². The maximum atomic E-state index is 12.0. The maximum absolute atomic E-state index is 12.0. The topological polar surface area (TPSA) is 49.0 Å². The molecule has 5 heteroatoms. The predicted molar refractivity (Wildman–Crippen MR) is 70.1 cm³/mol. The second kappa shape index (κ2) is 6.10. The van der Waals surface area contributed by atoms with Crippen molar-refractivity contribution in [2.45, 2.75) is 25.2 Å². The van der Waals surface area contributed by atoms with Crippen LogP contribution in [0, 0.1) is 0 Å². The van der Waals surface area contributed by atoms with E-state index in [4.69, 9.17) is 0 Å². The molecular weight excluding hydrogens is 234 g/mol. The third-order valence-corrected chi connectivity index (χ3v) is 3.81. The number of hydrogen-bond donors (Lipinski definition) is 1. The van der Waals surface area contributed by atoms with Crippen LogP contribution in [0.5, 0.6) is 0 Å². The van der Waals surface area contributed by atoms with Crippen LogP contribution < -0.4 is 0 Å². The summed E-state index contributed by atoms with van der Waals surface area (Å²) in [6, 6.07) is 0. The van der Waals surface area contributed by atoms with Crippen LogP contribution in [-0.4, -0.2) is 45.9 Å². The average molecular weight is 253 g/mol. The van der Waals surface area contributed by atoms with Crippen molar-refractivity contribution in [2.24, 2.45) is 0 Å². The summed E-state index contributed by atoms with van der Waals surface area (Å²) in [6.07, 6.45) is 8.53. The van der Waals surface area contributed by atoms with E-state index in [1.165, 1.54) is 0 Å². The largest absolute Gasteiger partial charge is 0.348 e. The van der Waals surface area contributed by atoms with Gasteiger partial charge >= 0.3 is 0 Å². The van der Waals surface area contributed by atoms with E-state index in [0.29, 0.717) is 12.3 Å². The van der Waals surface area contributed by atoms with E-state index in [1.807, 2.05) is 17.4 Å². The molecular formula is C12H19N3OS. The summed E-state index contributed by atoms with van der Waals surface area (Å²) >= 11 is 1.73. The van der Waals surface area contributed by atoms with Crippen LogP contribution in [0.15, 0.2) is 12.4 Å². The van der Waals surface area contributed by atoms with Crippen LogP contribution in [-0.2, 0) is 4.79 Å². The lowest BCUT2D eigenvalue weighted by Gasteiger charge is -2.31. The van der Waals surface area contributed by atoms with E-state index in [-0.39, 0.29) is 5.91 Å². The van der Waals surface area contributed by atoms with Gasteiger partial charge in [0.05, 0.1) is 0 Å². The summed E-state index contributed by atoms with van der Waals surface area (Å²) in [5.41, 5.74) is 0. The minimum atomic E-state index is 0.288. The Morgan fingerprint density at radius 1 is 1.71 bits per heavy atom. The number of thioether (sulfide) groups is 1. The number of carbonyl (C=O) groups excluding carboxylic acids is 1. The molecule has 0 spiro atoms. The number of likely N-dealkylation sites (tertiary alicyclic amines) is 1. The van der Waals surface area contributed by atoms with E-state index >= 15 is 0 Å². The van der Waals surface area contributed by atoms with Crippen molar-refractivity contribution in [3.05, 3.63) is 18.2 Å². The maximum Gasteiger partial charge on any atom is 0.223 e. The second-order valence-electron chi connectivity index (χ2n) is 4.40. The van der Waals surface area contributed by atoms with Crippen LogP contribution in [0.3, 0.4) is 0 Å². The summed E-state index contributed by atoms with van der Waals surface area (Å²) < 4.78 is 0. The highest BCUT2D eigenvalue weighted by atomic mass is 32.2. The Morgan fingerprint density at radius 2 is 2.59 bits per heavy atom. The predicted octanol–water partition coefficient (Wildman–Crippen LogP) is 1.87. The van der Waals surface area contributed by atoms with Crippen LogP contribution in [0.4, 0.5) is 0 Å². The fourth-order valence-electron chi connectivity index (χ4n) is 2.28. The first-order valence-electron chi connectivity index (χ1n) is 6.07. The van der Waals surface area contributed by atoms with Crippen molar-refractivity contribution in [3.8, 4) is 0 Å². The first kappa shape index (κ1) is 12.5. The van der Waals surface area contributed by atoms with E-state index in [0.717, 1.165) is 37.5 Å². The molecule has 1 N–H and O–H groups in total. The molecule has 4 nitrogen and oxygen atoms in total. The van der Waals surface area contributed by atoms with Gasteiger partial charge in [-0.3, -0.25) is 4.79 Å². The first-order valence-corrected chi connectivity index (χ1v) is 7.46. The molecule has 0 unspecified atom stereocenters. The van der Waals surface area contributed by atoms with Gasteiger partial charge in [-0.05, 0) is 19.1 Å². The summed E-state index contributed by atoms with van der Waals surface area (Å²) in [4.78, 5) is 21.4. The normalized spacial score (nSPS) is 20.5. The Balaban J connectivity index is 1.90. The third kappa shape index (κ3) is 3.25. The Hall–Kier alpha value is -0.970. The molecule has 0 aliphatic carbocycles. The van der Waals surface area contributed by atoms with Gasteiger partial charge in [-0.1, -0.05) is 0 Å². The van der Waals surface area contributed by atoms with Gasteiger partial charge in [-0.2, -0.15) is 11.8 Å². The van der Waals surface area contributed by atoms with Crippen LogP contribution >= 0.6 is 11.8 Å². The van der Waals surface area contributed by atoms with Crippen molar-refractivity contribution >= 4 is 17.7 Å². The standard InChI is InChI=1S/C12H19N3OS/c1-17-8-4-11(16)15-7-2-3-10(9-15)12-13-5-6-14-12/h5-6,10H,2-4,7-9H2,1H3,(H,13,14)/t10-/m1/s1. The van der Waals surface area contributed by atoms with Crippen LogP contribution in [0.1, 0.15) is 31.0 Å². The molecule has 2 heterocycles. The number of imidazole rings is 1. The number of piperidine rings is 1. The number of hydrogen-bond acceptors (Lipinski definition) is 3. The number of nitrogens with zero attached hydrogens (tertiary/aromatic N) is 2. The average Bonchev–Trinajstić information content (AvgIpc) is 2.90. The van der Waals surface area contributed by atoms with Gasteiger partial charge in [0.1, 0.15) is 5.82 Å². The number of rotatable bonds is 4. The number of amides is 1. The molecule has 1 aromatic heterocycles. The minimum Gasteiger partial charge on any atom is -0.348 e. The molecule has 1 aliphatic rings. The van der Waals surface area contributed by atoms with Crippen LogP contribution in [0.25, 0.3) is 0 Å². The molecule has 1 aliphatic heterocycles. The minimum absolute atomic E-state index is 0.288. The zero-order chi connectivity index (χ0) is 12.1. The van der Waals surface area contributed by atoms with Gasteiger partial charge in [0, 0.05) is 43.6 Å². The fraction of sp³-hybridized carbons (Fsp3) is 0.667. The summed E-state index contributed by atoms with van der Waals surface area (Å²) in [5.74, 6) is 2.61. The van der Waals surface area contributed by atoms with E-state index in [2.05, 4.69) is 9.97 Å². The Labute approximate surface area is 106 Å². The molecule has 2 rings (SSSR count). The third-order valence-electron chi connectivity index (χ3n) is 3.20. The van der Waals surface area contributed by atoms with Gasteiger partial charge in [-0.15, -0.1) is 0 Å². The fourth-order valence-corrected chi connectivity index (χ4v) is 2.65. The quantitative estimate of drug-likeness (QED) is 0.891. The molecule has 17 heavy (non-hydrogen) atoms. The van der Waals surface area contributed by atoms with Gasteiger partial charge in [0.15, 0.2) is 0 Å². The molecule has 1 aromatic rings. The first-order chi connectivity index (χ1) is 8.31. The molecule has 1 saturated heterocycles. The van der Waals surface area contributed by atoms with Crippen molar-refractivity contribution in [2.75, 3.05) is 25.1 Å². The number of aromatic nitrogens is 2. The molecule has 0 saturated carbocycles. The lowest BCUT2D eigenvalue weighted by Crippen LogP contribution is -2.39. The summed E-state index contributed by atoms with van der Waals surface area (Å²) in [7, 11) is 0. The van der Waals surface area contributed by atoms with E-state index in [9.17, 15) is 4.79 Å². The highest BCUT2D eigenvalue weighted by Crippen LogP contribution is 2.24. The Kier molecular flexibility index (Phi) is 4.48.